The molecule has 1 aromatic carbocycles. The zero-order valence-corrected chi connectivity index (χ0v) is 11.0. The largest absolute Gasteiger partial charge is 0.495 e. The number of para-hydroxylation sites is 2. The fourth-order valence-electron chi connectivity index (χ4n) is 1.48. The molecule has 1 heterocycles. The number of rotatable bonds is 5. The topological polar surface area (TPSA) is 57.0 Å². The van der Waals surface area contributed by atoms with Crippen LogP contribution in [0.1, 0.15) is 6.92 Å². The molecule has 0 bridgehead atoms. The van der Waals surface area contributed by atoms with E-state index in [1.54, 1.807) is 20.4 Å². The average molecular weight is 263 g/mol. The van der Waals surface area contributed by atoms with Crippen LogP contribution in [0.5, 0.6) is 5.75 Å². The number of methoxy groups -OCH3 is 1. The summed E-state index contributed by atoms with van der Waals surface area (Å²) in [5.41, 5.74) is 0.857. The van der Waals surface area contributed by atoms with E-state index < -0.39 is 0 Å². The van der Waals surface area contributed by atoms with Gasteiger partial charge in [-0.25, -0.2) is 0 Å². The van der Waals surface area contributed by atoms with Crippen LogP contribution >= 0.6 is 11.8 Å². The predicted octanol–water partition coefficient (Wildman–Crippen LogP) is 1.96. The van der Waals surface area contributed by atoms with E-state index in [2.05, 4.69) is 10.2 Å². The number of carbonyl (C=O) groups excluding carboxylic acids is 1. The highest BCUT2D eigenvalue weighted by atomic mass is 32.2. The van der Waals surface area contributed by atoms with Gasteiger partial charge in [-0.3, -0.25) is 9.36 Å². The normalized spacial score (nSPS) is 10.3. The Morgan fingerprint density at radius 2 is 2.22 bits per heavy atom. The molecule has 5 nitrogen and oxygen atoms in total. The first-order valence-corrected chi connectivity index (χ1v) is 6.36. The number of hydrogen-bond donors (Lipinski definition) is 0. The monoisotopic (exact) mass is 263 g/mol. The Balaban J connectivity index is 2.33. The quantitative estimate of drug-likeness (QED) is 0.772. The summed E-state index contributed by atoms with van der Waals surface area (Å²) >= 11 is 1.36. The second-order valence-corrected chi connectivity index (χ2v) is 4.59. The van der Waals surface area contributed by atoms with Crippen LogP contribution in [-0.2, 0) is 4.79 Å². The maximum absolute atomic E-state index is 11.0. The molecular formula is C12H13N3O2S. The fraction of sp³-hybridized carbons (Fsp3) is 0.250. The Morgan fingerprint density at radius 1 is 1.44 bits per heavy atom. The van der Waals surface area contributed by atoms with Gasteiger partial charge < -0.3 is 4.74 Å². The number of ketones is 1. The first-order valence-electron chi connectivity index (χ1n) is 5.38. The molecule has 0 N–H and O–H groups in total. The maximum Gasteiger partial charge on any atom is 0.196 e. The maximum atomic E-state index is 11.0. The second kappa shape index (κ2) is 5.68. The highest BCUT2D eigenvalue weighted by Crippen LogP contribution is 2.26. The number of nitrogens with zero attached hydrogens (tertiary/aromatic N) is 3. The van der Waals surface area contributed by atoms with Gasteiger partial charge in [-0.1, -0.05) is 23.9 Å². The molecule has 0 atom stereocenters. The zero-order chi connectivity index (χ0) is 13.0. The molecule has 0 saturated carbocycles. The lowest BCUT2D eigenvalue weighted by atomic mass is 10.3. The Hall–Kier alpha value is -1.82. The van der Waals surface area contributed by atoms with E-state index >= 15 is 0 Å². The minimum Gasteiger partial charge on any atom is -0.495 e. The van der Waals surface area contributed by atoms with Crippen molar-refractivity contribution in [2.45, 2.75) is 12.1 Å². The van der Waals surface area contributed by atoms with Gasteiger partial charge in [-0.05, 0) is 19.1 Å². The van der Waals surface area contributed by atoms with E-state index in [1.807, 2.05) is 28.8 Å². The summed E-state index contributed by atoms with van der Waals surface area (Å²) in [7, 11) is 1.62. The number of hydrogen-bond acceptors (Lipinski definition) is 5. The van der Waals surface area contributed by atoms with Crippen LogP contribution in [0.3, 0.4) is 0 Å². The average Bonchev–Trinajstić information content (AvgIpc) is 2.84. The molecule has 0 aliphatic heterocycles. The van der Waals surface area contributed by atoms with Crippen molar-refractivity contribution < 1.29 is 9.53 Å². The lowest BCUT2D eigenvalue weighted by molar-refractivity contribution is -0.114. The van der Waals surface area contributed by atoms with Gasteiger partial charge in [0.05, 0.1) is 18.6 Å². The molecule has 1 aromatic heterocycles. The highest BCUT2D eigenvalue weighted by Gasteiger charge is 2.11. The number of Topliss-reactive ketones (excluding diaryl/α,β-unsaturated/α-hetero) is 1. The van der Waals surface area contributed by atoms with Crippen LogP contribution < -0.4 is 4.74 Å². The van der Waals surface area contributed by atoms with Gasteiger partial charge in [0, 0.05) is 0 Å². The zero-order valence-electron chi connectivity index (χ0n) is 10.2. The molecule has 2 rings (SSSR count). The summed E-state index contributed by atoms with van der Waals surface area (Å²) < 4.78 is 7.11. The summed E-state index contributed by atoms with van der Waals surface area (Å²) in [6.07, 6.45) is 1.61. The molecule has 0 radical (unpaired) electrons. The van der Waals surface area contributed by atoms with Gasteiger partial charge in [-0.15, -0.1) is 10.2 Å². The third-order valence-electron chi connectivity index (χ3n) is 2.27. The predicted molar refractivity (Wildman–Crippen MR) is 69.3 cm³/mol. The van der Waals surface area contributed by atoms with Crippen molar-refractivity contribution in [2.75, 3.05) is 12.9 Å². The molecule has 0 spiro atoms. The first-order chi connectivity index (χ1) is 8.72. The van der Waals surface area contributed by atoms with E-state index in [-0.39, 0.29) is 5.78 Å². The van der Waals surface area contributed by atoms with E-state index in [1.165, 1.54) is 11.8 Å². The Morgan fingerprint density at radius 3 is 2.94 bits per heavy atom. The third kappa shape index (κ3) is 2.70. The van der Waals surface area contributed by atoms with Crippen molar-refractivity contribution in [1.82, 2.24) is 14.8 Å². The minimum atomic E-state index is 0.106. The van der Waals surface area contributed by atoms with Gasteiger partial charge >= 0.3 is 0 Å². The standard InChI is InChI=1S/C12H13N3O2S/c1-9(16)7-18-12-14-13-8-15(12)10-5-3-4-6-11(10)17-2/h3-6,8H,7H2,1-2H3. The van der Waals surface area contributed by atoms with Crippen LogP contribution in [0, 0.1) is 0 Å². The van der Waals surface area contributed by atoms with Crippen molar-refractivity contribution in [1.29, 1.82) is 0 Å². The molecule has 0 unspecified atom stereocenters. The van der Waals surface area contributed by atoms with Crippen LogP contribution in [0.4, 0.5) is 0 Å². The Bertz CT molecular complexity index is 554. The fourth-order valence-corrected chi connectivity index (χ4v) is 2.20. The highest BCUT2D eigenvalue weighted by molar-refractivity contribution is 7.99. The van der Waals surface area contributed by atoms with E-state index in [0.29, 0.717) is 10.9 Å². The first kappa shape index (κ1) is 12.6. The lowest BCUT2D eigenvalue weighted by Gasteiger charge is -2.10. The minimum absolute atomic E-state index is 0.106. The molecule has 0 aliphatic rings. The molecule has 0 amide bonds. The molecule has 0 fully saturated rings. The van der Waals surface area contributed by atoms with Gasteiger partial charge in [0.15, 0.2) is 5.16 Å². The molecule has 0 aliphatic carbocycles. The molecule has 6 heteroatoms. The van der Waals surface area contributed by atoms with Gasteiger partial charge in [0.25, 0.3) is 0 Å². The second-order valence-electron chi connectivity index (χ2n) is 3.65. The molecule has 0 saturated heterocycles. The van der Waals surface area contributed by atoms with Crippen molar-refractivity contribution in [3.05, 3.63) is 30.6 Å². The van der Waals surface area contributed by atoms with Crippen molar-refractivity contribution in [3.63, 3.8) is 0 Å². The van der Waals surface area contributed by atoms with Crippen molar-refractivity contribution in [3.8, 4) is 11.4 Å². The lowest BCUT2D eigenvalue weighted by Crippen LogP contribution is -2.01. The summed E-state index contributed by atoms with van der Waals surface area (Å²) in [6.45, 7) is 1.55. The number of aromatic nitrogens is 3. The number of thioether (sulfide) groups is 1. The summed E-state index contributed by atoms with van der Waals surface area (Å²) in [5.74, 6) is 1.23. The van der Waals surface area contributed by atoms with Crippen LogP contribution in [0.15, 0.2) is 35.7 Å². The van der Waals surface area contributed by atoms with Crippen LogP contribution in [0.2, 0.25) is 0 Å². The summed E-state index contributed by atoms with van der Waals surface area (Å²) in [6, 6.07) is 7.60. The van der Waals surface area contributed by atoms with Gasteiger partial charge in [-0.2, -0.15) is 0 Å². The SMILES string of the molecule is COc1ccccc1-n1cnnc1SCC(C)=O. The molecule has 94 valence electrons. The number of benzene rings is 1. The third-order valence-corrected chi connectivity index (χ3v) is 3.35. The van der Waals surface area contributed by atoms with E-state index in [4.69, 9.17) is 4.74 Å². The molecule has 18 heavy (non-hydrogen) atoms. The molecular weight excluding hydrogens is 250 g/mol. The van der Waals surface area contributed by atoms with Gasteiger partial charge in [0.1, 0.15) is 17.9 Å². The smallest absolute Gasteiger partial charge is 0.196 e. The van der Waals surface area contributed by atoms with Gasteiger partial charge in [0.2, 0.25) is 0 Å². The van der Waals surface area contributed by atoms with E-state index in [9.17, 15) is 4.79 Å². The van der Waals surface area contributed by atoms with Crippen LogP contribution in [0.25, 0.3) is 5.69 Å². The van der Waals surface area contributed by atoms with Crippen molar-refractivity contribution >= 4 is 17.5 Å². The van der Waals surface area contributed by atoms with Crippen molar-refractivity contribution in [2.24, 2.45) is 0 Å². The summed E-state index contributed by atoms with van der Waals surface area (Å²) in [4.78, 5) is 11.0. The molecule has 2 aromatic rings. The Labute approximate surface area is 109 Å². The number of carbonyl (C=O) groups is 1. The Kier molecular flexibility index (Phi) is 3.99. The van der Waals surface area contributed by atoms with Crippen LogP contribution in [-0.4, -0.2) is 33.4 Å². The number of ether oxygens (including phenoxy) is 1. The summed E-state index contributed by atoms with van der Waals surface area (Å²) in [5, 5.41) is 8.56. The van der Waals surface area contributed by atoms with E-state index in [0.717, 1.165) is 11.4 Å².